The predicted molar refractivity (Wildman–Crippen MR) is 98.3 cm³/mol. The van der Waals surface area contributed by atoms with E-state index in [0.29, 0.717) is 30.7 Å². The number of carbonyl (C=O) groups excluding carboxylic acids is 1. The van der Waals surface area contributed by atoms with Crippen molar-refractivity contribution in [3.8, 4) is 0 Å². The van der Waals surface area contributed by atoms with Crippen LogP contribution in [0.2, 0.25) is 0 Å². The number of rotatable bonds is 6. The minimum absolute atomic E-state index is 0.196. The smallest absolute Gasteiger partial charge is 0.223 e. The van der Waals surface area contributed by atoms with Crippen LogP contribution in [0, 0.1) is 23.7 Å². The van der Waals surface area contributed by atoms with Crippen LogP contribution in [0.1, 0.15) is 39.2 Å². The Morgan fingerprint density at radius 2 is 1.96 bits per heavy atom. The molecule has 0 heterocycles. The summed E-state index contributed by atoms with van der Waals surface area (Å²) in [6.45, 7) is 7.38. The van der Waals surface area contributed by atoms with Gasteiger partial charge in [-0.05, 0) is 36.7 Å². The molecule has 0 aromatic heterocycles. The Kier molecular flexibility index (Phi) is 6.61. The number of benzene rings is 1. The molecule has 1 aromatic rings. The first-order valence-electron chi connectivity index (χ1n) is 8.99. The van der Waals surface area contributed by atoms with E-state index < -0.39 is 0 Å². The van der Waals surface area contributed by atoms with E-state index in [1.807, 2.05) is 30.1 Å². The molecule has 0 saturated heterocycles. The zero-order chi connectivity index (χ0) is 17.7. The van der Waals surface area contributed by atoms with Crippen molar-refractivity contribution in [2.45, 2.75) is 40.2 Å². The van der Waals surface area contributed by atoms with Crippen molar-refractivity contribution in [1.29, 1.82) is 0 Å². The lowest BCUT2D eigenvalue weighted by molar-refractivity contribution is -0.131. The van der Waals surface area contributed by atoms with Crippen LogP contribution in [0.4, 0.5) is 0 Å². The lowest BCUT2D eigenvalue weighted by atomic mass is 9.70. The van der Waals surface area contributed by atoms with E-state index in [4.69, 9.17) is 0 Å². The van der Waals surface area contributed by atoms with Gasteiger partial charge in [-0.25, -0.2) is 0 Å². The van der Waals surface area contributed by atoms with Crippen molar-refractivity contribution < 1.29 is 9.90 Å². The summed E-state index contributed by atoms with van der Waals surface area (Å²) in [5.41, 5.74) is 2.41. The van der Waals surface area contributed by atoms with E-state index in [1.165, 1.54) is 5.57 Å². The van der Waals surface area contributed by atoms with Crippen LogP contribution in [0.3, 0.4) is 0 Å². The summed E-state index contributed by atoms with van der Waals surface area (Å²) in [5.74, 6) is 1.70. The second-order valence-corrected chi connectivity index (χ2v) is 7.54. The molecule has 0 unspecified atom stereocenters. The summed E-state index contributed by atoms with van der Waals surface area (Å²) in [6.07, 6.45) is 3.76. The molecule has 1 aliphatic rings. The lowest BCUT2D eigenvalue weighted by Gasteiger charge is -2.36. The van der Waals surface area contributed by atoms with Crippen LogP contribution in [0.25, 0.3) is 0 Å². The molecule has 3 nitrogen and oxygen atoms in total. The quantitative estimate of drug-likeness (QED) is 0.805. The molecule has 0 aliphatic heterocycles. The van der Waals surface area contributed by atoms with Crippen LogP contribution in [0.5, 0.6) is 0 Å². The summed E-state index contributed by atoms with van der Waals surface area (Å²) in [6, 6.07) is 10.1. The number of nitrogens with zero attached hydrogens (tertiary/aromatic N) is 1. The first-order valence-corrected chi connectivity index (χ1v) is 8.99. The Labute approximate surface area is 146 Å². The van der Waals surface area contributed by atoms with Gasteiger partial charge >= 0.3 is 0 Å². The Balaban J connectivity index is 2.00. The molecule has 1 amide bonds. The fourth-order valence-electron chi connectivity index (χ4n) is 3.80. The molecule has 3 atom stereocenters. The van der Waals surface area contributed by atoms with Gasteiger partial charge in [0.05, 0.1) is 0 Å². The molecule has 24 heavy (non-hydrogen) atoms. The minimum atomic E-state index is 0.196. The number of aliphatic hydroxyl groups excluding tert-OH is 1. The molecule has 132 valence electrons. The summed E-state index contributed by atoms with van der Waals surface area (Å²) in [7, 11) is 1.88. The van der Waals surface area contributed by atoms with Crippen LogP contribution in [-0.4, -0.2) is 29.6 Å². The average Bonchev–Trinajstić information content (AvgIpc) is 2.56. The Bertz CT molecular complexity index is 564. The molecule has 2 rings (SSSR count). The third-order valence-corrected chi connectivity index (χ3v) is 5.40. The fourth-order valence-corrected chi connectivity index (χ4v) is 3.80. The molecule has 3 heteroatoms. The van der Waals surface area contributed by atoms with Gasteiger partial charge in [0.25, 0.3) is 0 Å². The summed E-state index contributed by atoms with van der Waals surface area (Å²) in [4.78, 5) is 14.5. The number of hydrogen-bond acceptors (Lipinski definition) is 2. The van der Waals surface area contributed by atoms with Crippen molar-refractivity contribution in [2.75, 3.05) is 13.7 Å². The van der Waals surface area contributed by atoms with Crippen molar-refractivity contribution in [1.82, 2.24) is 4.90 Å². The van der Waals surface area contributed by atoms with Crippen molar-refractivity contribution >= 4 is 5.91 Å². The van der Waals surface area contributed by atoms with E-state index in [1.54, 1.807) is 0 Å². The highest BCUT2D eigenvalue weighted by molar-refractivity contribution is 5.76. The van der Waals surface area contributed by atoms with E-state index in [9.17, 15) is 9.90 Å². The maximum Gasteiger partial charge on any atom is 0.223 e. The Morgan fingerprint density at radius 3 is 2.54 bits per heavy atom. The van der Waals surface area contributed by atoms with E-state index >= 15 is 0 Å². The van der Waals surface area contributed by atoms with E-state index in [2.05, 4.69) is 39.0 Å². The van der Waals surface area contributed by atoms with Crippen LogP contribution in [0.15, 0.2) is 42.0 Å². The van der Waals surface area contributed by atoms with Crippen LogP contribution < -0.4 is 0 Å². The largest absolute Gasteiger partial charge is 0.396 e. The van der Waals surface area contributed by atoms with Gasteiger partial charge < -0.3 is 10.0 Å². The summed E-state index contributed by atoms with van der Waals surface area (Å²) >= 11 is 0. The van der Waals surface area contributed by atoms with Gasteiger partial charge in [-0.3, -0.25) is 4.79 Å². The standard InChI is InChI=1S/C21H31NO2/c1-15(2)20-11-18(16(3)10-19(20)14-23)12-21(24)22(4)13-17-8-6-5-7-9-17/h5-10,15,18-20,23H,11-14H2,1-4H3/t18-,19-,20-/m0/s1. The molecular weight excluding hydrogens is 298 g/mol. The highest BCUT2D eigenvalue weighted by Gasteiger charge is 2.32. The number of hydrogen-bond donors (Lipinski definition) is 1. The van der Waals surface area contributed by atoms with Gasteiger partial charge in [0, 0.05) is 32.5 Å². The topological polar surface area (TPSA) is 40.5 Å². The zero-order valence-corrected chi connectivity index (χ0v) is 15.4. The lowest BCUT2D eigenvalue weighted by Crippen LogP contribution is -2.33. The van der Waals surface area contributed by atoms with Gasteiger partial charge in [0.1, 0.15) is 0 Å². The maximum atomic E-state index is 12.6. The first-order chi connectivity index (χ1) is 11.4. The van der Waals surface area contributed by atoms with Gasteiger partial charge in [-0.1, -0.05) is 55.8 Å². The number of aliphatic hydroxyl groups is 1. The molecule has 0 spiro atoms. The Hall–Kier alpha value is -1.61. The number of allylic oxidation sites excluding steroid dienone is 1. The zero-order valence-electron chi connectivity index (χ0n) is 15.4. The molecule has 0 radical (unpaired) electrons. The monoisotopic (exact) mass is 329 g/mol. The van der Waals surface area contributed by atoms with Crippen LogP contribution in [-0.2, 0) is 11.3 Å². The highest BCUT2D eigenvalue weighted by atomic mass is 16.3. The second-order valence-electron chi connectivity index (χ2n) is 7.54. The van der Waals surface area contributed by atoms with Gasteiger partial charge in [0.15, 0.2) is 0 Å². The molecule has 1 aliphatic carbocycles. The summed E-state index contributed by atoms with van der Waals surface area (Å²) < 4.78 is 0. The van der Waals surface area contributed by atoms with Crippen molar-refractivity contribution in [3.63, 3.8) is 0 Å². The van der Waals surface area contributed by atoms with Crippen LogP contribution >= 0.6 is 0 Å². The summed E-state index contributed by atoms with van der Waals surface area (Å²) in [5, 5.41) is 9.63. The fraction of sp³-hybridized carbons (Fsp3) is 0.571. The number of carbonyl (C=O) groups is 1. The third kappa shape index (κ3) is 4.70. The van der Waals surface area contributed by atoms with E-state index in [0.717, 1.165) is 12.0 Å². The average molecular weight is 329 g/mol. The van der Waals surface area contributed by atoms with Crippen molar-refractivity contribution in [2.24, 2.45) is 23.7 Å². The normalized spacial score (nSPS) is 23.9. The van der Waals surface area contributed by atoms with Crippen molar-refractivity contribution in [3.05, 3.63) is 47.5 Å². The molecular formula is C21H31NO2. The molecule has 0 fully saturated rings. The molecule has 0 saturated carbocycles. The number of amides is 1. The minimum Gasteiger partial charge on any atom is -0.396 e. The maximum absolute atomic E-state index is 12.6. The Morgan fingerprint density at radius 1 is 1.29 bits per heavy atom. The van der Waals surface area contributed by atoms with E-state index in [-0.39, 0.29) is 18.4 Å². The van der Waals surface area contributed by atoms with Gasteiger partial charge in [-0.2, -0.15) is 0 Å². The predicted octanol–water partition coefficient (Wildman–Crippen LogP) is 3.88. The highest BCUT2D eigenvalue weighted by Crippen LogP contribution is 2.38. The van der Waals surface area contributed by atoms with Gasteiger partial charge in [0.2, 0.25) is 5.91 Å². The SMILES string of the molecule is CC1=C[C@@H](CO)[C@H](C(C)C)C[C@H]1CC(=O)N(C)Cc1ccccc1. The molecule has 0 bridgehead atoms. The first kappa shape index (κ1) is 18.7. The second kappa shape index (κ2) is 8.48. The van der Waals surface area contributed by atoms with Gasteiger partial charge in [-0.15, -0.1) is 0 Å². The molecule has 1 aromatic carbocycles. The third-order valence-electron chi connectivity index (χ3n) is 5.40. The molecule has 1 N–H and O–H groups in total.